The Balaban J connectivity index is 1.91. The predicted molar refractivity (Wildman–Crippen MR) is 65.6 cm³/mol. The molecule has 0 bridgehead atoms. The molecule has 17 heavy (non-hydrogen) atoms. The van der Waals surface area contributed by atoms with E-state index in [9.17, 15) is 0 Å². The fraction of sp³-hybridized carbons (Fsp3) is 0.333. The predicted octanol–water partition coefficient (Wildman–Crippen LogP) is 1.21. The minimum atomic E-state index is 0.404. The second-order valence-electron chi connectivity index (χ2n) is 3.85. The number of hydrogen-bond donors (Lipinski definition) is 1. The smallest absolute Gasteiger partial charge is 0.297 e. The first-order valence-electron chi connectivity index (χ1n) is 5.54. The van der Waals surface area contributed by atoms with Crippen molar-refractivity contribution < 1.29 is 4.42 Å². The van der Waals surface area contributed by atoms with Crippen LogP contribution in [0.4, 0.5) is 6.01 Å². The minimum absolute atomic E-state index is 0.404. The van der Waals surface area contributed by atoms with Crippen LogP contribution in [-0.2, 0) is 13.0 Å². The minimum Gasteiger partial charge on any atom is -0.432 e. The summed E-state index contributed by atoms with van der Waals surface area (Å²) in [5, 5.41) is 0. The Bertz CT molecular complexity index is 455. The Morgan fingerprint density at radius 3 is 2.76 bits per heavy atom. The maximum Gasteiger partial charge on any atom is 0.297 e. The molecule has 0 amide bonds. The number of hydrogen-bond acceptors (Lipinski definition) is 5. The van der Waals surface area contributed by atoms with Gasteiger partial charge in [-0.2, -0.15) is 4.98 Å². The SMILES string of the molecule is CN(CCc1ccncc1)c1nc(CN)co1. The van der Waals surface area contributed by atoms with E-state index in [1.54, 1.807) is 18.7 Å². The van der Waals surface area contributed by atoms with Crippen LogP contribution in [0.25, 0.3) is 0 Å². The summed E-state index contributed by atoms with van der Waals surface area (Å²) in [5.74, 6) is 0. The molecule has 0 saturated heterocycles. The molecule has 0 fully saturated rings. The second-order valence-corrected chi connectivity index (χ2v) is 3.85. The molecule has 2 aromatic rings. The standard InChI is InChI=1S/C12H16N4O/c1-16(12-15-11(8-13)9-17-12)7-4-10-2-5-14-6-3-10/h2-3,5-6,9H,4,7-8,13H2,1H3. The Morgan fingerprint density at radius 1 is 1.35 bits per heavy atom. The summed E-state index contributed by atoms with van der Waals surface area (Å²) >= 11 is 0. The average molecular weight is 232 g/mol. The Morgan fingerprint density at radius 2 is 2.12 bits per heavy atom. The van der Waals surface area contributed by atoms with Gasteiger partial charge in [0.1, 0.15) is 6.26 Å². The molecule has 2 heterocycles. The van der Waals surface area contributed by atoms with Crippen LogP contribution in [0.3, 0.4) is 0 Å². The number of likely N-dealkylation sites (N-methyl/N-ethyl adjacent to an activating group) is 1. The molecule has 0 aliphatic rings. The van der Waals surface area contributed by atoms with Crippen molar-refractivity contribution in [3.63, 3.8) is 0 Å². The lowest BCUT2D eigenvalue weighted by Crippen LogP contribution is -2.20. The fourth-order valence-electron chi connectivity index (χ4n) is 1.51. The molecule has 2 aromatic heterocycles. The van der Waals surface area contributed by atoms with Crippen LogP contribution in [-0.4, -0.2) is 23.6 Å². The summed E-state index contributed by atoms with van der Waals surface area (Å²) in [4.78, 5) is 10.2. The zero-order chi connectivity index (χ0) is 12.1. The summed E-state index contributed by atoms with van der Waals surface area (Å²) in [6, 6.07) is 4.63. The van der Waals surface area contributed by atoms with E-state index in [2.05, 4.69) is 9.97 Å². The molecule has 0 aromatic carbocycles. The van der Waals surface area contributed by atoms with Crippen molar-refractivity contribution in [1.29, 1.82) is 0 Å². The molecule has 0 unspecified atom stereocenters. The zero-order valence-electron chi connectivity index (χ0n) is 9.84. The van der Waals surface area contributed by atoms with E-state index < -0.39 is 0 Å². The quantitative estimate of drug-likeness (QED) is 0.839. The Labute approximate surface area is 100 Å². The lowest BCUT2D eigenvalue weighted by atomic mass is 10.2. The van der Waals surface area contributed by atoms with Gasteiger partial charge in [-0.1, -0.05) is 0 Å². The zero-order valence-corrected chi connectivity index (χ0v) is 9.84. The van der Waals surface area contributed by atoms with Gasteiger partial charge in [-0.3, -0.25) is 4.98 Å². The van der Waals surface area contributed by atoms with E-state index >= 15 is 0 Å². The second kappa shape index (κ2) is 5.45. The number of nitrogens with zero attached hydrogens (tertiary/aromatic N) is 3. The van der Waals surface area contributed by atoms with Crippen molar-refractivity contribution in [2.45, 2.75) is 13.0 Å². The third kappa shape index (κ3) is 3.04. The van der Waals surface area contributed by atoms with Crippen molar-refractivity contribution in [3.8, 4) is 0 Å². The Hall–Kier alpha value is -1.88. The van der Waals surface area contributed by atoms with Crippen molar-refractivity contribution in [1.82, 2.24) is 9.97 Å². The monoisotopic (exact) mass is 232 g/mol. The maximum atomic E-state index is 5.48. The van der Waals surface area contributed by atoms with Crippen molar-refractivity contribution >= 4 is 6.01 Å². The number of rotatable bonds is 5. The summed E-state index contributed by atoms with van der Waals surface area (Å²) in [6.07, 6.45) is 6.12. The Kier molecular flexibility index (Phi) is 3.72. The number of oxazole rings is 1. The molecule has 5 nitrogen and oxygen atoms in total. The summed E-state index contributed by atoms with van der Waals surface area (Å²) in [7, 11) is 1.95. The van der Waals surface area contributed by atoms with Crippen molar-refractivity contribution in [2.24, 2.45) is 5.73 Å². The highest BCUT2D eigenvalue weighted by Crippen LogP contribution is 2.12. The molecule has 2 rings (SSSR count). The van der Waals surface area contributed by atoms with E-state index in [1.165, 1.54) is 5.56 Å². The molecule has 0 spiro atoms. The first-order valence-corrected chi connectivity index (χ1v) is 5.54. The molecular formula is C12H16N4O. The van der Waals surface area contributed by atoms with Gasteiger partial charge in [-0.25, -0.2) is 0 Å². The van der Waals surface area contributed by atoms with Crippen LogP contribution in [0, 0.1) is 0 Å². The van der Waals surface area contributed by atoms with Crippen LogP contribution in [0.1, 0.15) is 11.3 Å². The molecule has 0 radical (unpaired) electrons. The van der Waals surface area contributed by atoms with Gasteiger partial charge >= 0.3 is 0 Å². The van der Waals surface area contributed by atoms with Gasteiger partial charge in [0.15, 0.2) is 0 Å². The van der Waals surface area contributed by atoms with E-state index in [0.717, 1.165) is 18.7 Å². The largest absolute Gasteiger partial charge is 0.432 e. The highest BCUT2D eigenvalue weighted by Gasteiger charge is 2.07. The number of anilines is 1. The van der Waals surface area contributed by atoms with Crippen LogP contribution >= 0.6 is 0 Å². The average Bonchev–Trinajstić information content (AvgIpc) is 2.86. The van der Waals surface area contributed by atoms with Crippen LogP contribution in [0.2, 0.25) is 0 Å². The number of aromatic nitrogens is 2. The van der Waals surface area contributed by atoms with Gasteiger partial charge in [-0.05, 0) is 24.1 Å². The molecule has 5 heteroatoms. The molecule has 0 saturated carbocycles. The van der Waals surface area contributed by atoms with Crippen LogP contribution < -0.4 is 10.6 Å². The lowest BCUT2D eigenvalue weighted by molar-refractivity contribution is 0.544. The molecular weight excluding hydrogens is 216 g/mol. The number of pyridine rings is 1. The van der Waals surface area contributed by atoms with Crippen LogP contribution in [0.15, 0.2) is 35.2 Å². The topological polar surface area (TPSA) is 68.2 Å². The molecule has 0 atom stereocenters. The molecule has 90 valence electrons. The molecule has 2 N–H and O–H groups in total. The third-order valence-corrected chi connectivity index (χ3v) is 2.56. The van der Waals surface area contributed by atoms with Gasteiger partial charge in [-0.15, -0.1) is 0 Å². The number of nitrogens with two attached hydrogens (primary N) is 1. The maximum absolute atomic E-state index is 5.48. The van der Waals surface area contributed by atoms with E-state index in [-0.39, 0.29) is 0 Å². The highest BCUT2D eigenvalue weighted by atomic mass is 16.4. The summed E-state index contributed by atoms with van der Waals surface area (Å²) < 4.78 is 5.33. The molecule has 0 aliphatic carbocycles. The van der Waals surface area contributed by atoms with Gasteiger partial charge in [0.2, 0.25) is 0 Å². The van der Waals surface area contributed by atoms with Crippen molar-refractivity contribution in [3.05, 3.63) is 42.0 Å². The normalized spacial score (nSPS) is 10.5. The van der Waals surface area contributed by atoms with Crippen molar-refractivity contribution in [2.75, 3.05) is 18.5 Å². The third-order valence-electron chi connectivity index (χ3n) is 2.56. The first kappa shape index (κ1) is 11.6. The first-order chi connectivity index (χ1) is 8.29. The van der Waals surface area contributed by atoms with E-state index in [4.69, 9.17) is 10.2 Å². The van der Waals surface area contributed by atoms with Gasteiger partial charge in [0.25, 0.3) is 6.01 Å². The van der Waals surface area contributed by atoms with Gasteiger partial charge in [0, 0.05) is 32.5 Å². The highest BCUT2D eigenvalue weighted by molar-refractivity contribution is 5.26. The lowest BCUT2D eigenvalue weighted by Gasteiger charge is -2.13. The summed E-state index contributed by atoms with van der Waals surface area (Å²) in [5.41, 5.74) is 7.50. The van der Waals surface area contributed by atoms with Gasteiger partial charge < -0.3 is 15.1 Å². The van der Waals surface area contributed by atoms with E-state index in [0.29, 0.717) is 12.6 Å². The summed E-state index contributed by atoms with van der Waals surface area (Å²) in [6.45, 7) is 1.25. The van der Waals surface area contributed by atoms with E-state index in [1.807, 2.05) is 24.1 Å². The fourth-order valence-corrected chi connectivity index (χ4v) is 1.51. The molecule has 0 aliphatic heterocycles. The van der Waals surface area contributed by atoms with Crippen LogP contribution in [0.5, 0.6) is 0 Å². The van der Waals surface area contributed by atoms with Gasteiger partial charge in [0.05, 0.1) is 5.69 Å².